The Morgan fingerprint density at radius 2 is 2.57 bits per heavy atom. The molecule has 1 aliphatic rings. The molecule has 14 heavy (non-hydrogen) atoms. The van der Waals surface area contributed by atoms with Crippen molar-refractivity contribution in [1.29, 1.82) is 0 Å². The topological polar surface area (TPSA) is 34.1 Å². The molecule has 0 spiro atoms. The van der Waals surface area contributed by atoms with Gasteiger partial charge in [0.05, 0.1) is 6.61 Å². The largest absolute Gasteiger partial charge is 0.475 e. The van der Waals surface area contributed by atoms with E-state index in [4.69, 9.17) is 4.74 Å². The average molecular weight is 196 g/mol. The van der Waals surface area contributed by atoms with E-state index < -0.39 is 5.82 Å². The maximum atomic E-state index is 13.1. The number of hydrogen-bond donors (Lipinski definition) is 1. The van der Waals surface area contributed by atoms with Crippen LogP contribution in [0.15, 0.2) is 18.3 Å². The summed E-state index contributed by atoms with van der Waals surface area (Å²) < 4.78 is 18.4. The minimum Gasteiger partial charge on any atom is -0.475 e. The van der Waals surface area contributed by atoms with Crippen molar-refractivity contribution >= 4 is 0 Å². The first-order valence-electron chi connectivity index (χ1n) is 4.80. The molecule has 0 bridgehead atoms. The lowest BCUT2D eigenvalue weighted by molar-refractivity contribution is 0.239. The molecule has 1 fully saturated rings. The molecule has 0 aromatic carbocycles. The zero-order chi connectivity index (χ0) is 9.80. The predicted molar refractivity (Wildman–Crippen MR) is 50.7 cm³/mol. The van der Waals surface area contributed by atoms with Crippen LogP contribution >= 0.6 is 0 Å². The van der Waals surface area contributed by atoms with E-state index in [0.717, 1.165) is 19.5 Å². The van der Waals surface area contributed by atoms with Crippen LogP contribution in [0.25, 0.3) is 0 Å². The lowest BCUT2D eigenvalue weighted by Crippen LogP contribution is -2.16. The highest BCUT2D eigenvalue weighted by Gasteiger charge is 2.15. The molecule has 2 heterocycles. The minimum absolute atomic E-state index is 0.111. The maximum Gasteiger partial charge on any atom is 0.250 e. The van der Waals surface area contributed by atoms with Crippen molar-refractivity contribution in [2.45, 2.75) is 6.42 Å². The third kappa shape index (κ3) is 2.20. The van der Waals surface area contributed by atoms with Gasteiger partial charge in [0.1, 0.15) is 0 Å². The summed E-state index contributed by atoms with van der Waals surface area (Å²) in [7, 11) is 0. The van der Waals surface area contributed by atoms with Crippen LogP contribution in [0.5, 0.6) is 5.88 Å². The molecule has 4 heteroatoms. The number of pyridine rings is 1. The van der Waals surface area contributed by atoms with Gasteiger partial charge in [0.15, 0.2) is 5.82 Å². The van der Waals surface area contributed by atoms with Gasteiger partial charge < -0.3 is 10.1 Å². The number of nitrogens with zero attached hydrogens (tertiary/aromatic N) is 1. The van der Waals surface area contributed by atoms with Crippen LogP contribution in [-0.4, -0.2) is 24.7 Å². The summed E-state index contributed by atoms with van der Waals surface area (Å²) in [6.07, 6.45) is 2.62. The molecule has 1 saturated heterocycles. The van der Waals surface area contributed by atoms with Crippen LogP contribution in [0.2, 0.25) is 0 Å². The second-order valence-corrected chi connectivity index (χ2v) is 3.46. The van der Waals surface area contributed by atoms with Gasteiger partial charge in [0.25, 0.3) is 0 Å². The number of aromatic nitrogens is 1. The van der Waals surface area contributed by atoms with Crippen LogP contribution in [0.4, 0.5) is 4.39 Å². The van der Waals surface area contributed by atoms with Gasteiger partial charge in [-0.25, -0.2) is 9.37 Å². The number of halogens is 1. The summed E-state index contributed by atoms with van der Waals surface area (Å²) in [6, 6.07) is 2.91. The number of rotatable bonds is 3. The van der Waals surface area contributed by atoms with Crippen molar-refractivity contribution in [2.24, 2.45) is 5.92 Å². The Morgan fingerprint density at radius 1 is 1.64 bits per heavy atom. The molecule has 0 amide bonds. The van der Waals surface area contributed by atoms with E-state index in [1.54, 1.807) is 6.07 Å². The Hall–Kier alpha value is -1.16. The zero-order valence-corrected chi connectivity index (χ0v) is 7.87. The fourth-order valence-corrected chi connectivity index (χ4v) is 1.53. The number of ether oxygens (including phenoxy) is 1. The van der Waals surface area contributed by atoms with E-state index >= 15 is 0 Å². The third-order valence-electron chi connectivity index (χ3n) is 2.34. The van der Waals surface area contributed by atoms with E-state index in [1.807, 2.05) is 0 Å². The van der Waals surface area contributed by atoms with Crippen molar-refractivity contribution in [3.8, 4) is 5.88 Å². The van der Waals surface area contributed by atoms with Gasteiger partial charge in [-0.2, -0.15) is 0 Å². The molecule has 0 aliphatic carbocycles. The van der Waals surface area contributed by atoms with Gasteiger partial charge in [0.2, 0.25) is 5.88 Å². The average Bonchev–Trinajstić information content (AvgIpc) is 2.69. The zero-order valence-electron chi connectivity index (χ0n) is 7.87. The lowest BCUT2D eigenvalue weighted by atomic mass is 10.1. The molecule has 3 nitrogen and oxygen atoms in total. The molecule has 0 radical (unpaired) electrons. The molecule has 1 unspecified atom stereocenters. The molecule has 1 aliphatic heterocycles. The predicted octanol–water partition coefficient (Wildman–Crippen LogP) is 1.21. The minimum atomic E-state index is -0.390. The van der Waals surface area contributed by atoms with Gasteiger partial charge in [-0.1, -0.05) is 0 Å². The summed E-state index contributed by atoms with van der Waals surface area (Å²) in [6.45, 7) is 2.52. The highest BCUT2D eigenvalue weighted by Crippen LogP contribution is 2.14. The summed E-state index contributed by atoms with van der Waals surface area (Å²) in [4.78, 5) is 3.82. The highest BCUT2D eigenvalue weighted by atomic mass is 19.1. The monoisotopic (exact) mass is 196 g/mol. The van der Waals surface area contributed by atoms with Crippen LogP contribution in [0.1, 0.15) is 6.42 Å². The quantitative estimate of drug-likeness (QED) is 0.789. The molecule has 1 aromatic heterocycles. The third-order valence-corrected chi connectivity index (χ3v) is 2.34. The first kappa shape index (κ1) is 9.40. The van der Waals surface area contributed by atoms with Gasteiger partial charge in [-0.15, -0.1) is 0 Å². The second kappa shape index (κ2) is 4.37. The number of nitrogens with one attached hydrogen (secondary N) is 1. The van der Waals surface area contributed by atoms with Crippen molar-refractivity contribution in [3.63, 3.8) is 0 Å². The standard InChI is InChI=1S/C10H13FN2O/c11-9-2-1-4-13-10(9)14-7-8-3-5-12-6-8/h1-2,4,8,12H,3,5-7H2. The van der Waals surface area contributed by atoms with Gasteiger partial charge in [-0.05, 0) is 25.1 Å². The molecular weight excluding hydrogens is 183 g/mol. The Bertz CT molecular complexity index is 300. The maximum absolute atomic E-state index is 13.1. The summed E-state index contributed by atoms with van der Waals surface area (Å²) in [5.74, 6) is 0.203. The van der Waals surface area contributed by atoms with Gasteiger partial charge in [0, 0.05) is 18.7 Å². The summed E-state index contributed by atoms with van der Waals surface area (Å²) in [5, 5.41) is 3.23. The lowest BCUT2D eigenvalue weighted by Gasteiger charge is -2.09. The second-order valence-electron chi connectivity index (χ2n) is 3.46. The smallest absolute Gasteiger partial charge is 0.250 e. The molecule has 76 valence electrons. The van der Waals surface area contributed by atoms with E-state index in [2.05, 4.69) is 10.3 Å². The highest BCUT2D eigenvalue weighted by molar-refractivity contribution is 5.12. The molecule has 2 rings (SSSR count). The fourth-order valence-electron chi connectivity index (χ4n) is 1.53. The van der Waals surface area contributed by atoms with E-state index in [1.165, 1.54) is 12.3 Å². The van der Waals surface area contributed by atoms with Crippen LogP contribution < -0.4 is 10.1 Å². The van der Waals surface area contributed by atoms with Crippen LogP contribution in [-0.2, 0) is 0 Å². The van der Waals surface area contributed by atoms with Crippen molar-refractivity contribution < 1.29 is 9.13 Å². The first-order valence-corrected chi connectivity index (χ1v) is 4.80. The van der Waals surface area contributed by atoms with Crippen molar-refractivity contribution in [2.75, 3.05) is 19.7 Å². The summed E-state index contributed by atoms with van der Waals surface area (Å²) >= 11 is 0. The Kier molecular flexibility index (Phi) is 2.93. The van der Waals surface area contributed by atoms with Crippen molar-refractivity contribution in [3.05, 3.63) is 24.1 Å². The van der Waals surface area contributed by atoms with Crippen LogP contribution in [0, 0.1) is 11.7 Å². The van der Waals surface area contributed by atoms with Gasteiger partial charge in [-0.3, -0.25) is 0 Å². The van der Waals surface area contributed by atoms with E-state index in [9.17, 15) is 4.39 Å². The molecule has 1 atom stereocenters. The van der Waals surface area contributed by atoms with Crippen LogP contribution in [0.3, 0.4) is 0 Å². The Labute approximate surface area is 82.3 Å². The first-order chi connectivity index (χ1) is 6.86. The SMILES string of the molecule is Fc1cccnc1OCC1CCNC1. The summed E-state index contributed by atoms with van der Waals surface area (Å²) in [5.41, 5.74) is 0. The van der Waals surface area contributed by atoms with Crippen molar-refractivity contribution in [1.82, 2.24) is 10.3 Å². The number of hydrogen-bond acceptors (Lipinski definition) is 3. The van der Waals surface area contributed by atoms with Gasteiger partial charge >= 0.3 is 0 Å². The Balaban J connectivity index is 1.88. The van der Waals surface area contributed by atoms with E-state index in [-0.39, 0.29) is 5.88 Å². The van der Waals surface area contributed by atoms with E-state index in [0.29, 0.717) is 12.5 Å². The Morgan fingerprint density at radius 3 is 3.29 bits per heavy atom. The normalized spacial score (nSPS) is 21.1. The molecule has 1 aromatic rings. The fraction of sp³-hybridized carbons (Fsp3) is 0.500. The molecule has 1 N–H and O–H groups in total. The molecule has 0 saturated carbocycles. The molecular formula is C10H13FN2O.